The summed E-state index contributed by atoms with van der Waals surface area (Å²) in [4.78, 5) is 26.2. The molecule has 3 N–H and O–H groups in total. The van der Waals surface area contributed by atoms with Crippen molar-refractivity contribution in [3.8, 4) is 5.75 Å². The summed E-state index contributed by atoms with van der Waals surface area (Å²) < 4.78 is 72.9. The smallest absolute Gasteiger partial charge is 0.425 e. The van der Waals surface area contributed by atoms with Crippen molar-refractivity contribution in [2.45, 2.75) is 31.7 Å². The third kappa shape index (κ3) is 5.86. The monoisotopic (exact) mass is 507 g/mol. The molecule has 13 heteroatoms. The molecule has 1 saturated heterocycles. The number of carbonyl (C=O) groups excluding carboxylic acids is 2. The minimum atomic E-state index is -4.83. The van der Waals surface area contributed by atoms with Crippen LogP contribution in [-0.4, -0.2) is 53.4 Å². The number of halogens is 6. The number of nitrogens with one attached hydrogen (secondary N) is 2. The predicted octanol–water partition coefficient (Wildman–Crippen LogP) is 4.80. The summed E-state index contributed by atoms with van der Waals surface area (Å²) in [5.74, 6) is -4.00. The van der Waals surface area contributed by atoms with Crippen LogP contribution in [0.4, 0.5) is 38.1 Å². The number of benzene rings is 2. The summed E-state index contributed by atoms with van der Waals surface area (Å²) >= 11 is 5.85. The molecule has 0 bridgehead atoms. The highest BCUT2D eigenvalue weighted by atomic mass is 35.5. The first-order valence-electron chi connectivity index (χ1n) is 9.93. The molecule has 0 aromatic heterocycles. The molecule has 3 rings (SSSR count). The molecule has 34 heavy (non-hydrogen) atoms. The van der Waals surface area contributed by atoms with Crippen LogP contribution in [0.25, 0.3) is 0 Å². The molecule has 0 aliphatic carbocycles. The van der Waals surface area contributed by atoms with Gasteiger partial charge in [0, 0.05) is 19.2 Å². The molecule has 2 unspecified atom stereocenters. The molecule has 2 aromatic rings. The van der Waals surface area contributed by atoms with Crippen LogP contribution < -0.4 is 15.4 Å². The number of para-hydroxylation sites is 1. The van der Waals surface area contributed by atoms with Crippen LogP contribution in [0, 0.1) is 11.6 Å². The highest BCUT2D eigenvalue weighted by Crippen LogP contribution is 2.33. The van der Waals surface area contributed by atoms with Crippen LogP contribution in [0.2, 0.25) is 5.02 Å². The standard InChI is InChI=1S/C21H19ClF5N3O4/c1-10(21(25,26)27)34-17-8-16(28-20(33)30-6-5-11(31)9-30)15(24)7-12(17)19(32)29-18-13(22)3-2-4-14(18)23/h2-4,7-8,10-11,31H,5-6,9H2,1H3,(H,28,33)(H,29,32). The minimum absolute atomic E-state index is 0.00813. The van der Waals surface area contributed by atoms with Gasteiger partial charge in [-0.25, -0.2) is 13.6 Å². The van der Waals surface area contributed by atoms with Crippen molar-refractivity contribution in [1.29, 1.82) is 0 Å². The molecular formula is C21H19ClF5N3O4. The second-order valence-corrected chi connectivity index (χ2v) is 7.91. The second-order valence-electron chi connectivity index (χ2n) is 7.50. The number of aliphatic hydroxyl groups excluding tert-OH is 1. The van der Waals surface area contributed by atoms with Crippen LogP contribution in [-0.2, 0) is 0 Å². The lowest BCUT2D eigenvalue weighted by atomic mass is 10.1. The maximum absolute atomic E-state index is 14.7. The van der Waals surface area contributed by atoms with Gasteiger partial charge in [-0.1, -0.05) is 17.7 Å². The van der Waals surface area contributed by atoms with Gasteiger partial charge < -0.3 is 25.4 Å². The Hall–Kier alpha value is -3.12. The first-order chi connectivity index (χ1) is 15.9. The van der Waals surface area contributed by atoms with Gasteiger partial charge >= 0.3 is 12.2 Å². The van der Waals surface area contributed by atoms with Gasteiger partial charge in [0.15, 0.2) is 6.10 Å². The summed E-state index contributed by atoms with van der Waals surface area (Å²) in [6.45, 7) is 0.849. The Bertz CT molecular complexity index is 1080. The molecule has 2 aromatic carbocycles. The molecule has 1 heterocycles. The largest absolute Gasteiger partial charge is 0.480 e. The van der Waals surface area contributed by atoms with Gasteiger partial charge in [0.1, 0.15) is 17.4 Å². The Balaban J connectivity index is 1.94. The number of anilines is 2. The van der Waals surface area contributed by atoms with Crippen LogP contribution in [0.5, 0.6) is 5.75 Å². The van der Waals surface area contributed by atoms with Gasteiger partial charge in [-0.15, -0.1) is 0 Å². The maximum Gasteiger partial charge on any atom is 0.425 e. The van der Waals surface area contributed by atoms with E-state index in [-0.39, 0.29) is 18.1 Å². The van der Waals surface area contributed by atoms with Crippen molar-refractivity contribution >= 4 is 34.9 Å². The zero-order valence-corrected chi connectivity index (χ0v) is 18.3. The second kappa shape index (κ2) is 10.0. The highest BCUT2D eigenvalue weighted by Gasteiger charge is 2.39. The Morgan fingerprint density at radius 1 is 1.21 bits per heavy atom. The summed E-state index contributed by atoms with van der Waals surface area (Å²) in [6, 6.07) is 3.98. The summed E-state index contributed by atoms with van der Waals surface area (Å²) in [7, 11) is 0. The molecule has 0 saturated carbocycles. The van der Waals surface area contributed by atoms with Crippen molar-refractivity contribution in [2.24, 2.45) is 0 Å². The number of aliphatic hydroxyl groups is 1. The first kappa shape index (κ1) is 25.5. The third-order valence-electron chi connectivity index (χ3n) is 4.97. The van der Waals surface area contributed by atoms with E-state index < -0.39 is 64.6 Å². The molecule has 1 fully saturated rings. The quantitative estimate of drug-likeness (QED) is 0.507. The van der Waals surface area contributed by atoms with E-state index in [9.17, 15) is 36.6 Å². The number of hydrogen-bond acceptors (Lipinski definition) is 4. The number of nitrogens with zero attached hydrogens (tertiary/aromatic N) is 1. The van der Waals surface area contributed by atoms with E-state index >= 15 is 0 Å². The molecule has 0 radical (unpaired) electrons. The fourth-order valence-corrected chi connectivity index (χ4v) is 3.31. The first-order valence-corrected chi connectivity index (χ1v) is 10.3. The van der Waals surface area contributed by atoms with Gasteiger partial charge in [0.05, 0.1) is 28.1 Å². The van der Waals surface area contributed by atoms with E-state index in [2.05, 4.69) is 10.6 Å². The van der Waals surface area contributed by atoms with Crippen molar-refractivity contribution < 1.29 is 41.4 Å². The molecule has 1 aliphatic heterocycles. The number of hydrogen-bond donors (Lipinski definition) is 3. The van der Waals surface area contributed by atoms with Gasteiger partial charge in [-0.3, -0.25) is 4.79 Å². The summed E-state index contributed by atoms with van der Waals surface area (Å²) in [5, 5.41) is 13.6. The van der Waals surface area contributed by atoms with E-state index in [1.807, 2.05) is 0 Å². The SMILES string of the molecule is CC(Oc1cc(NC(=O)N2CCC(O)C2)c(F)cc1C(=O)Nc1c(F)cccc1Cl)C(F)(F)F. The maximum atomic E-state index is 14.7. The van der Waals surface area contributed by atoms with E-state index in [4.69, 9.17) is 16.3 Å². The lowest BCUT2D eigenvalue weighted by Gasteiger charge is -2.22. The molecule has 184 valence electrons. The van der Waals surface area contributed by atoms with Gasteiger partial charge in [0.25, 0.3) is 5.91 Å². The minimum Gasteiger partial charge on any atom is -0.480 e. The lowest BCUT2D eigenvalue weighted by Crippen LogP contribution is -2.34. The van der Waals surface area contributed by atoms with Crippen LogP contribution in [0.3, 0.4) is 0 Å². The lowest BCUT2D eigenvalue weighted by molar-refractivity contribution is -0.189. The van der Waals surface area contributed by atoms with Crippen LogP contribution in [0.1, 0.15) is 23.7 Å². The number of rotatable bonds is 5. The Morgan fingerprint density at radius 3 is 2.50 bits per heavy atom. The van der Waals surface area contributed by atoms with E-state index in [1.165, 1.54) is 17.0 Å². The van der Waals surface area contributed by atoms with E-state index in [1.54, 1.807) is 0 Å². The van der Waals surface area contributed by atoms with Gasteiger partial charge in [-0.2, -0.15) is 13.2 Å². The molecule has 2 atom stereocenters. The average molecular weight is 508 g/mol. The molecular weight excluding hydrogens is 489 g/mol. The van der Waals surface area contributed by atoms with Crippen molar-refractivity contribution in [3.05, 3.63) is 52.6 Å². The zero-order valence-electron chi connectivity index (χ0n) is 17.5. The van der Waals surface area contributed by atoms with E-state index in [0.29, 0.717) is 19.4 Å². The number of alkyl halides is 3. The normalized spacial score (nSPS) is 16.8. The predicted molar refractivity (Wildman–Crippen MR) is 113 cm³/mol. The fourth-order valence-electron chi connectivity index (χ4n) is 3.10. The highest BCUT2D eigenvalue weighted by molar-refractivity contribution is 6.34. The Morgan fingerprint density at radius 2 is 1.91 bits per heavy atom. The number of carbonyl (C=O) groups is 2. The van der Waals surface area contributed by atoms with Crippen LogP contribution >= 0.6 is 11.6 Å². The molecule has 3 amide bonds. The number of amides is 3. The van der Waals surface area contributed by atoms with Crippen molar-refractivity contribution in [2.75, 3.05) is 23.7 Å². The number of β-amino-alcohol motifs (C(OH)–C–C–N with tert-alkyl or cyclic N) is 1. The summed E-state index contributed by atoms with van der Waals surface area (Å²) in [5.41, 5.74) is -1.71. The molecule has 1 aliphatic rings. The molecule has 0 spiro atoms. The number of urea groups is 1. The number of ether oxygens (including phenoxy) is 1. The number of likely N-dealkylation sites (tertiary alicyclic amines) is 1. The van der Waals surface area contributed by atoms with Crippen molar-refractivity contribution in [1.82, 2.24) is 4.90 Å². The van der Waals surface area contributed by atoms with Crippen LogP contribution in [0.15, 0.2) is 30.3 Å². The summed E-state index contributed by atoms with van der Waals surface area (Å²) in [6.07, 6.45) is -7.67. The van der Waals surface area contributed by atoms with E-state index in [0.717, 1.165) is 12.1 Å². The Kier molecular flexibility index (Phi) is 7.51. The third-order valence-corrected chi connectivity index (χ3v) is 5.29. The van der Waals surface area contributed by atoms with Gasteiger partial charge in [0.2, 0.25) is 0 Å². The zero-order chi connectivity index (χ0) is 25.2. The van der Waals surface area contributed by atoms with Crippen molar-refractivity contribution in [3.63, 3.8) is 0 Å². The Labute approximate surface area is 195 Å². The topological polar surface area (TPSA) is 90.9 Å². The van der Waals surface area contributed by atoms with Gasteiger partial charge in [-0.05, 0) is 31.5 Å². The average Bonchev–Trinajstić information content (AvgIpc) is 3.18. The fraction of sp³-hybridized carbons (Fsp3) is 0.333. The molecule has 7 nitrogen and oxygen atoms in total.